The highest BCUT2D eigenvalue weighted by molar-refractivity contribution is 14.0. The number of halogens is 1. The number of hydrogen-bond donors (Lipinski definition) is 1. The van der Waals surface area contributed by atoms with Crippen molar-refractivity contribution in [2.45, 2.75) is 37.8 Å². The number of rotatable bonds is 6. The average Bonchev–Trinajstić information content (AvgIpc) is 3.26. The van der Waals surface area contributed by atoms with Crippen LogP contribution in [0.2, 0.25) is 0 Å². The van der Waals surface area contributed by atoms with Gasteiger partial charge >= 0.3 is 0 Å². The molecule has 1 aromatic carbocycles. The van der Waals surface area contributed by atoms with Crippen molar-refractivity contribution in [3.05, 3.63) is 48.5 Å². The Morgan fingerprint density at radius 1 is 1.29 bits per heavy atom. The molecule has 1 fully saturated rings. The molecule has 0 radical (unpaired) electrons. The molecule has 3 rings (SSSR count). The zero-order chi connectivity index (χ0) is 21.7. The van der Waals surface area contributed by atoms with Gasteiger partial charge in [-0.2, -0.15) is 0 Å². The van der Waals surface area contributed by atoms with E-state index in [9.17, 15) is 8.42 Å². The highest BCUT2D eigenvalue weighted by Gasteiger charge is 2.28. The van der Waals surface area contributed by atoms with Crippen LogP contribution in [0.5, 0.6) is 0 Å². The molecular formula is C21H33IN6O2S. The first-order valence-electron chi connectivity index (χ1n) is 10.3. The maximum absolute atomic E-state index is 12.2. The molecule has 0 amide bonds. The van der Waals surface area contributed by atoms with Gasteiger partial charge in [0, 0.05) is 46.1 Å². The minimum atomic E-state index is -3.41. The molecule has 1 saturated heterocycles. The second-order valence-corrected chi connectivity index (χ2v) is 10.0. The van der Waals surface area contributed by atoms with Crippen molar-refractivity contribution in [3.63, 3.8) is 0 Å². The monoisotopic (exact) mass is 560 g/mol. The molecule has 0 spiro atoms. The lowest BCUT2D eigenvalue weighted by Gasteiger charge is -2.39. The van der Waals surface area contributed by atoms with Gasteiger partial charge in [-0.15, -0.1) is 24.0 Å². The van der Waals surface area contributed by atoms with Crippen molar-refractivity contribution in [1.29, 1.82) is 0 Å². The van der Waals surface area contributed by atoms with Gasteiger partial charge in [0.2, 0.25) is 10.0 Å². The van der Waals surface area contributed by atoms with Gasteiger partial charge in [-0.1, -0.05) is 19.1 Å². The first-order valence-corrected chi connectivity index (χ1v) is 11.8. The van der Waals surface area contributed by atoms with Crippen LogP contribution in [0.15, 0.2) is 52.9 Å². The summed E-state index contributed by atoms with van der Waals surface area (Å²) in [6.07, 6.45) is 6.83. The lowest BCUT2D eigenvalue weighted by atomic mass is 9.93. The van der Waals surface area contributed by atoms with E-state index < -0.39 is 10.0 Å². The maximum atomic E-state index is 12.2. The molecule has 0 saturated carbocycles. The lowest BCUT2D eigenvalue weighted by Crippen LogP contribution is -2.49. The summed E-state index contributed by atoms with van der Waals surface area (Å²) < 4.78 is 27.9. The zero-order valence-electron chi connectivity index (χ0n) is 18.6. The number of nitrogens with zero attached hydrogens (tertiary/aromatic N) is 5. The van der Waals surface area contributed by atoms with Crippen molar-refractivity contribution in [2.75, 3.05) is 33.7 Å². The van der Waals surface area contributed by atoms with E-state index >= 15 is 0 Å². The maximum Gasteiger partial charge on any atom is 0.242 e. The van der Waals surface area contributed by atoms with Gasteiger partial charge in [0.05, 0.1) is 23.8 Å². The van der Waals surface area contributed by atoms with Crippen LogP contribution in [-0.4, -0.2) is 66.9 Å². The molecule has 10 heteroatoms. The van der Waals surface area contributed by atoms with Gasteiger partial charge in [0.15, 0.2) is 5.96 Å². The fourth-order valence-electron chi connectivity index (χ4n) is 3.66. The van der Waals surface area contributed by atoms with E-state index in [0.717, 1.165) is 37.6 Å². The number of guanidine groups is 1. The lowest BCUT2D eigenvalue weighted by molar-refractivity contribution is 0.189. The predicted molar refractivity (Wildman–Crippen MR) is 134 cm³/mol. The fourth-order valence-corrected chi connectivity index (χ4v) is 4.57. The summed E-state index contributed by atoms with van der Waals surface area (Å²) in [5.74, 6) is 1.46. The third-order valence-electron chi connectivity index (χ3n) is 5.57. The third kappa shape index (κ3) is 6.19. The van der Waals surface area contributed by atoms with E-state index in [1.165, 1.54) is 18.4 Å². The van der Waals surface area contributed by atoms with Crippen LogP contribution in [-0.2, 0) is 16.6 Å². The molecule has 0 aliphatic carbocycles. The molecule has 172 valence electrons. The third-order valence-corrected chi connectivity index (χ3v) is 7.40. The molecule has 2 heterocycles. The van der Waals surface area contributed by atoms with Crippen LogP contribution >= 0.6 is 24.0 Å². The molecular weight excluding hydrogens is 527 g/mol. The largest absolute Gasteiger partial charge is 0.357 e. The molecule has 2 unspecified atom stereocenters. The molecule has 1 N–H and O–H groups in total. The summed E-state index contributed by atoms with van der Waals surface area (Å²) in [5, 5.41) is 3.40. The van der Waals surface area contributed by atoms with Crippen molar-refractivity contribution in [1.82, 2.24) is 24.1 Å². The van der Waals surface area contributed by atoms with Crippen LogP contribution in [0.4, 0.5) is 0 Å². The van der Waals surface area contributed by atoms with E-state index in [4.69, 9.17) is 4.99 Å². The minimum absolute atomic E-state index is 0. The SMILES string of the molecule is CCNC(=NCc1ccc(S(=O)(=O)N(C)C)cc1)N1CCC(C)C(n2ccnc2)C1.I. The Labute approximate surface area is 202 Å². The van der Waals surface area contributed by atoms with E-state index in [0.29, 0.717) is 23.4 Å². The Kier molecular flexibility index (Phi) is 9.31. The first-order chi connectivity index (χ1) is 14.3. The highest BCUT2D eigenvalue weighted by Crippen LogP contribution is 2.27. The van der Waals surface area contributed by atoms with Gasteiger partial charge in [0.25, 0.3) is 0 Å². The second kappa shape index (κ2) is 11.3. The molecule has 1 aliphatic heterocycles. The standard InChI is InChI=1S/C21H32N6O2S.HI/c1-5-23-21(26-12-10-17(2)20(15-26)27-13-11-22-16-27)24-14-18-6-8-19(9-7-18)30(28,29)25(3)4;/h6-9,11,13,16-17,20H,5,10,12,14-15H2,1-4H3,(H,23,24);1H. The number of aliphatic imine (C=N–C) groups is 1. The summed E-state index contributed by atoms with van der Waals surface area (Å²) in [6.45, 7) is 7.47. The molecule has 0 bridgehead atoms. The molecule has 8 nitrogen and oxygen atoms in total. The number of likely N-dealkylation sites (tertiary alicyclic amines) is 1. The number of benzene rings is 1. The molecule has 2 aromatic rings. The van der Waals surface area contributed by atoms with Gasteiger partial charge < -0.3 is 14.8 Å². The van der Waals surface area contributed by atoms with Crippen LogP contribution in [0.25, 0.3) is 0 Å². The zero-order valence-corrected chi connectivity index (χ0v) is 21.7. The van der Waals surface area contributed by atoms with Gasteiger partial charge in [-0.05, 0) is 37.0 Å². The van der Waals surface area contributed by atoms with Crippen LogP contribution < -0.4 is 5.32 Å². The molecule has 31 heavy (non-hydrogen) atoms. The minimum Gasteiger partial charge on any atom is -0.357 e. The second-order valence-electron chi connectivity index (χ2n) is 7.89. The summed E-state index contributed by atoms with van der Waals surface area (Å²) in [6, 6.07) is 7.31. The summed E-state index contributed by atoms with van der Waals surface area (Å²) in [4.78, 5) is 11.6. The van der Waals surface area contributed by atoms with E-state index in [1.54, 1.807) is 12.1 Å². The predicted octanol–water partition coefficient (Wildman–Crippen LogP) is 2.80. The number of piperidine rings is 1. The molecule has 1 aliphatic rings. The quantitative estimate of drug-likeness (QED) is 0.334. The fraction of sp³-hybridized carbons (Fsp3) is 0.524. The summed E-state index contributed by atoms with van der Waals surface area (Å²) in [7, 11) is -0.345. The smallest absolute Gasteiger partial charge is 0.242 e. The molecule has 2 atom stereocenters. The highest BCUT2D eigenvalue weighted by atomic mass is 127. The Morgan fingerprint density at radius 3 is 2.58 bits per heavy atom. The number of sulfonamides is 1. The van der Waals surface area contributed by atoms with Crippen molar-refractivity contribution in [3.8, 4) is 0 Å². The number of imidazole rings is 1. The summed E-state index contributed by atoms with van der Waals surface area (Å²) in [5.41, 5.74) is 0.972. The van der Waals surface area contributed by atoms with Crippen molar-refractivity contribution >= 4 is 40.0 Å². The van der Waals surface area contributed by atoms with Gasteiger partial charge in [-0.25, -0.2) is 22.7 Å². The molecule has 1 aromatic heterocycles. The normalized spacial score (nSPS) is 19.9. The topological polar surface area (TPSA) is 82.8 Å². The Bertz CT molecular complexity index is 945. The van der Waals surface area contributed by atoms with Crippen LogP contribution in [0, 0.1) is 5.92 Å². The van der Waals surface area contributed by atoms with Crippen molar-refractivity contribution < 1.29 is 8.42 Å². The van der Waals surface area contributed by atoms with Crippen LogP contribution in [0.1, 0.15) is 31.9 Å². The van der Waals surface area contributed by atoms with Crippen LogP contribution in [0.3, 0.4) is 0 Å². The van der Waals surface area contributed by atoms with Gasteiger partial charge in [-0.3, -0.25) is 0 Å². The Balaban J connectivity index is 0.00000341. The van der Waals surface area contributed by atoms with E-state index in [2.05, 4.69) is 33.6 Å². The van der Waals surface area contributed by atoms with E-state index in [1.807, 2.05) is 30.9 Å². The number of hydrogen-bond acceptors (Lipinski definition) is 4. The van der Waals surface area contributed by atoms with Gasteiger partial charge in [0.1, 0.15) is 0 Å². The van der Waals surface area contributed by atoms with E-state index in [-0.39, 0.29) is 24.0 Å². The first kappa shape index (κ1) is 25.6. The average molecular weight is 561 g/mol. The number of nitrogens with one attached hydrogen (secondary N) is 1. The Morgan fingerprint density at radius 2 is 2.00 bits per heavy atom. The van der Waals surface area contributed by atoms with Crippen molar-refractivity contribution in [2.24, 2.45) is 10.9 Å². The Hall–Kier alpha value is -1.66. The number of aromatic nitrogens is 2. The summed E-state index contributed by atoms with van der Waals surface area (Å²) >= 11 is 0.